The first-order valence-corrected chi connectivity index (χ1v) is 7.12. The van der Waals surface area contributed by atoms with Crippen LogP contribution in [0.15, 0.2) is 5.38 Å². The van der Waals surface area contributed by atoms with E-state index < -0.39 is 0 Å². The third-order valence-corrected chi connectivity index (χ3v) is 3.84. The van der Waals surface area contributed by atoms with Crippen LogP contribution in [-0.2, 0) is 4.79 Å². The molecule has 2 atom stereocenters. The number of aliphatic hydroxyl groups excluding tert-OH is 1. The van der Waals surface area contributed by atoms with Crippen LogP contribution in [0.5, 0.6) is 0 Å². The van der Waals surface area contributed by atoms with Crippen molar-refractivity contribution in [2.75, 3.05) is 11.9 Å². The fraction of sp³-hybridized carbons (Fsp3) is 0.583. The summed E-state index contributed by atoms with van der Waals surface area (Å²) in [5, 5.41) is 16.8. The third-order valence-electron chi connectivity index (χ3n) is 3.08. The lowest BCUT2D eigenvalue weighted by atomic mass is 10.1. The van der Waals surface area contributed by atoms with E-state index in [2.05, 4.69) is 15.6 Å². The van der Waals surface area contributed by atoms with Crippen molar-refractivity contribution in [3.05, 3.63) is 11.1 Å². The van der Waals surface area contributed by atoms with Gasteiger partial charge in [-0.25, -0.2) is 4.98 Å². The molecule has 6 nitrogen and oxygen atoms in total. The van der Waals surface area contributed by atoms with Gasteiger partial charge in [0.2, 0.25) is 5.91 Å². The average Bonchev–Trinajstić information content (AvgIpc) is 2.95. The smallest absolute Gasteiger partial charge is 0.270 e. The van der Waals surface area contributed by atoms with E-state index in [-0.39, 0.29) is 17.9 Å². The lowest BCUT2D eigenvalue weighted by Gasteiger charge is -2.09. The van der Waals surface area contributed by atoms with E-state index in [4.69, 9.17) is 0 Å². The van der Waals surface area contributed by atoms with Crippen LogP contribution in [0.1, 0.15) is 36.7 Å². The number of thiazole rings is 1. The summed E-state index contributed by atoms with van der Waals surface area (Å²) >= 11 is 1.22. The first-order chi connectivity index (χ1) is 9.04. The summed E-state index contributed by atoms with van der Waals surface area (Å²) in [6.07, 6.45) is 2.26. The summed E-state index contributed by atoms with van der Waals surface area (Å²) in [6, 6.07) is 0. The number of anilines is 1. The molecule has 0 bridgehead atoms. The summed E-state index contributed by atoms with van der Waals surface area (Å²) in [5.74, 6) is -0.108. The number of carbonyl (C=O) groups is 2. The van der Waals surface area contributed by atoms with E-state index in [0.29, 0.717) is 23.3 Å². The van der Waals surface area contributed by atoms with Gasteiger partial charge in [0.1, 0.15) is 5.69 Å². The number of aliphatic hydroxyl groups is 1. The van der Waals surface area contributed by atoms with Gasteiger partial charge in [-0.15, -0.1) is 11.3 Å². The first kappa shape index (κ1) is 14.0. The average molecular weight is 283 g/mol. The van der Waals surface area contributed by atoms with Gasteiger partial charge in [0.05, 0.1) is 6.10 Å². The molecule has 1 saturated carbocycles. The molecule has 3 N–H and O–H groups in total. The topological polar surface area (TPSA) is 91.3 Å². The second-order valence-corrected chi connectivity index (χ2v) is 5.62. The summed E-state index contributed by atoms with van der Waals surface area (Å²) in [7, 11) is 0. The van der Waals surface area contributed by atoms with Crippen molar-refractivity contribution in [3.8, 4) is 0 Å². The van der Waals surface area contributed by atoms with Crippen LogP contribution in [0, 0.1) is 5.92 Å². The van der Waals surface area contributed by atoms with Gasteiger partial charge in [-0.05, 0) is 25.2 Å². The fourth-order valence-corrected chi connectivity index (χ4v) is 2.88. The number of aromatic nitrogens is 1. The van der Waals surface area contributed by atoms with Crippen LogP contribution in [-0.4, -0.2) is 34.6 Å². The number of rotatable bonds is 4. The Balaban J connectivity index is 1.82. The van der Waals surface area contributed by atoms with Gasteiger partial charge in [0.15, 0.2) is 5.13 Å². The highest BCUT2D eigenvalue weighted by Gasteiger charge is 2.23. The zero-order chi connectivity index (χ0) is 13.8. The van der Waals surface area contributed by atoms with E-state index in [0.717, 1.165) is 19.3 Å². The van der Waals surface area contributed by atoms with Crippen LogP contribution >= 0.6 is 11.3 Å². The maximum Gasteiger partial charge on any atom is 0.270 e. The molecule has 1 aliphatic rings. The minimum absolute atomic E-state index is 0.207. The Morgan fingerprint density at radius 1 is 1.53 bits per heavy atom. The van der Waals surface area contributed by atoms with Crippen molar-refractivity contribution in [1.82, 2.24) is 10.3 Å². The van der Waals surface area contributed by atoms with E-state index in [1.165, 1.54) is 18.3 Å². The summed E-state index contributed by atoms with van der Waals surface area (Å²) in [4.78, 5) is 26.7. The molecule has 0 aromatic carbocycles. The molecule has 1 heterocycles. The number of nitrogens with zero attached hydrogens (tertiary/aromatic N) is 1. The maximum absolute atomic E-state index is 11.8. The Hall–Kier alpha value is -1.47. The minimum Gasteiger partial charge on any atom is -0.393 e. The maximum atomic E-state index is 11.8. The Morgan fingerprint density at radius 3 is 2.95 bits per heavy atom. The van der Waals surface area contributed by atoms with Crippen molar-refractivity contribution >= 4 is 28.3 Å². The van der Waals surface area contributed by atoms with Crippen LogP contribution in [0.25, 0.3) is 0 Å². The SMILES string of the molecule is CC(=O)Nc1nc(C(=O)NCC2CCC(O)C2)cs1. The number of hydrogen-bond acceptors (Lipinski definition) is 5. The molecule has 0 radical (unpaired) electrons. The molecule has 104 valence electrons. The van der Waals surface area contributed by atoms with Gasteiger partial charge < -0.3 is 15.7 Å². The summed E-state index contributed by atoms with van der Waals surface area (Å²) in [6.45, 7) is 1.95. The largest absolute Gasteiger partial charge is 0.393 e. The molecule has 0 aliphatic heterocycles. The predicted octanol–water partition coefficient (Wildman–Crippen LogP) is 0.992. The van der Waals surface area contributed by atoms with E-state index >= 15 is 0 Å². The molecule has 1 fully saturated rings. The summed E-state index contributed by atoms with van der Waals surface area (Å²) in [5.41, 5.74) is 0.312. The second kappa shape index (κ2) is 6.12. The normalized spacial score (nSPS) is 22.2. The molecular formula is C12H17N3O3S. The van der Waals surface area contributed by atoms with E-state index in [1.54, 1.807) is 5.38 Å². The highest BCUT2D eigenvalue weighted by molar-refractivity contribution is 7.14. The molecule has 2 rings (SSSR count). The molecule has 19 heavy (non-hydrogen) atoms. The van der Waals surface area contributed by atoms with Crippen molar-refractivity contribution in [1.29, 1.82) is 0 Å². The van der Waals surface area contributed by atoms with Crippen LogP contribution in [0.4, 0.5) is 5.13 Å². The van der Waals surface area contributed by atoms with Gasteiger partial charge in [0.25, 0.3) is 5.91 Å². The lowest BCUT2D eigenvalue weighted by molar-refractivity contribution is -0.114. The molecule has 1 aliphatic carbocycles. The number of carbonyl (C=O) groups excluding carboxylic acids is 2. The Kier molecular flexibility index (Phi) is 4.49. The zero-order valence-corrected chi connectivity index (χ0v) is 11.5. The van der Waals surface area contributed by atoms with Crippen molar-refractivity contribution in [2.24, 2.45) is 5.92 Å². The first-order valence-electron chi connectivity index (χ1n) is 6.24. The summed E-state index contributed by atoms with van der Waals surface area (Å²) < 4.78 is 0. The van der Waals surface area contributed by atoms with Gasteiger partial charge in [-0.3, -0.25) is 9.59 Å². The lowest BCUT2D eigenvalue weighted by Crippen LogP contribution is -2.28. The number of hydrogen-bond donors (Lipinski definition) is 3. The Morgan fingerprint density at radius 2 is 2.32 bits per heavy atom. The predicted molar refractivity (Wildman–Crippen MR) is 72.1 cm³/mol. The van der Waals surface area contributed by atoms with Crippen LogP contribution in [0.2, 0.25) is 0 Å². The van der Waals surface area contributed by atoms with Crippen LogP contribution < -0.4 is 10.6 Å². The molecule has 0 saturated heterocycles. The Labute approximate surface area is 115 Å². The molecule has 2 unspecified atom stereocenters. The molecule has 1 aromatic rings. The van der Waals surface area contributed by atoms with Crippen LogP contribution in [0.3, 0.4) is 0 Å². The van der Waals surface area contributed by atoms with E-state index in [9.17, 15) is 14.7 Å². The molecule has 1 aromatic heterocycles. The molecule has 0 spiro atoms. The second-order valence-electron chi connectivity index (χ2n) is 4.76. The molecular weight excluding hydrogens is 266 g/mol. The standard InChI is InChI=1S/C12H17N3O3S/c1-7(16)14-12-15-10(6-19-12)11(18)13-5-8-2-3-9(17)4-8/h6,8-9,17H,2-5H2,1H3,(H,13,18)(H,14,15,16). The fourth-order valence-electron chi connectivity index (χ4n) is 2.15. The van der Waals surface area contributed by atoms with Gasteiger partial charge >= 0.3 is 0 Å². The van der Waals surface area contributed by atoms with Crippen molar-refractivity contribution in [3.63, 3.8) is 0 Å². The van der Waals surface area contributed by atoms with Crippen molar-refractivity contribution in [2.45, 2.75) is 32.3 Å². The Bertz CT molecular complexity index is 475. The quantitative estimate of drug-likeness (QED) is 0.768. The van der Waals surface area contributed by atoms with Gasteiger partial charge in [0, 0.05) is 18.8 Å². The molecule has 7 heteroatoms. The van der Waals surface area contributed by atoms with E-state index in [1.807, 2.05) is 0 Å². The van der Waals surface area contributed by atoms with Gasteiger partial charge in [-0.2, -0.15) is 0 Å². The number of amides is 2. The zero-order valence-electron chi connectivity index (χ0n) is 10.7. The highest BCUT2D eigenvalue weighted by atomic mass is 32.1. The molecule has 2 amide bonds. The highest BCUT2D eigenvalue weighted by Crippen LogP contribution is 2.24. The van der Waals surface area contributed by atoms with Gasteiger partial charge in [-0.1, -0.05) is 0 Å². The minimum atomic E-state index is -0.241. The monoisotopic (exact) mass is 283 g/mol. The van der Waals surface area contributed by atoms with Crippen molar-refractivity contribution < 1.29 is 14.7 Å². The number of nitrogens with one attached hydrogen (secondary N) is 2. The third kappa shape index (κ3) is 4.00.